The van der Waals surface area contributed by atoms with Gasteiger partial charge in [0, 0.05) is 0 Å². The van der Waals surface area contributed by atoms with Gasteiger partial charge in [-0.1, -0.05) is 33.6 Å². The van der Waals surface area contributed by atoms with Gasteiger partial charge in [-0.2, -0.15) is 0 Å². The van der Waals surface area contributed by atoms with Crippen LogP contribution in [0, 0.1) is 5.41 Å². The van der Waals surface area contributed by atoms with Crippen LogP contribution >= 0.6 is 0 Å². The fourth-order valence-electron chi connectivity index (χ4n) is 1.82. The second kappa shape index (κ2) is 4.99. The lowest BCUT2D eigenvalue weighted by Crippen LogP contribution is -2.32. The van der Waals surface area contributed by atoms with E-state index in [2.05, 4.69) is 25.7 Å². The Kier molecular flexibility index (Phi) is 4.24. The van der Waals surface area contributed by atoms with Crippen molar-refractivity contribution >= 4 is 0 Å². The molecule has 0 aromatic heterocycles. The van der Waals surface area contributed by atoms with E-state index >= 15 is 0 Å². The quantitative estimate of drug-likeness (QED) is 0.646. The zero-order valence-corrected chi connectivity index (χ0v) is 9.60. The molecule has 0 unspecified atom stereocenters. The molecule has 1 rings (SSSR count). The van der Waals surface area contributed by atoms with Crippen LogP contribution in [-0.2, 0) is 0 Å². The van der Waals surface area contributed by atoms with Gasteiger partial charge in [0.1, 0.15) is 0 Å². The highest BCUT2D eigenvalue weighted by Crippen LogP contribution is 2.25. The van der Waals surface area contributed by atoms with Crippen LogP contribution in [0.2, 0.25) is 0 Å². The first-order valence-electron chi connectivity index (χ1n) is 5.86. The summed E-state index contributed by atoms with van der Waals surface area (Å²) in [5, 5.41) is 0. The van der Waals surface area contributed by atoms with Crippen molar-refractivity contribution in [2.75, 3.05) is 19.6 Å². The van der Waals surface area contributed by atoms with Crippen LogP contribution in [0.15, 0.2) is 0 Å². The monoisotopic (exact) mass is 183 g/mol. The molecule has 1 aliphatic rings. The van der Waals surface area contributed by atoms with Crippen molar-refractivity contribution in [2.24, 2.45) is 5.41 Å². The fourth-order valence-corrected chi connectivity index (χ4v) is 1.82. The van der Waals surface area contributed by atoms with Crippen molar-refractivity contribution in [1.82, 2.24) is 4.90 Å². The highest BCUT2D eigenvalue weighted by Gasteiger charge is 2.17. The molecule has 0 saturated carbocycles. The molecule has 0 atom stereocenters. The molecular weight excluding hydrogens is 158 g/mol. The first kappa shape index (κ1) is 11.0. The van der Waals surface area contributed by atoms with Gasteiger partial charge in [0.15, 0.2) is 0 Å². The highest BCUT2D eigenvalue weighted by atomic mass is 15.1. The van der Waals surface area contributed by atoms with E-state index in [1.165, 1.54) is 51.7 Å². The number of nitrogens with zero attached hydrogens (tertiary/aromatic N) is 1. The molecular formula is C12H25N. The normalized spacial score (nSPS) is 20.5. The van der Waals surface area contributed by atoms with Crippen LogP contribution in [0.25, 0.3) is 0 Å². The van der Waals surface area contributed by atoms with E-state index in [1.54, 1.807) is 0 Å². The summed E-state index contributed by atoms with van der Waals surface area (Å²) in [7, 11) is 0. The molecule has 13 heavy (non-hydrogen) atoms. The third kappa shape index (κ3) is 4.12. The number of hydrogen-bond donors (Lipinski definition) is 0. The predicted octanol–water partition coefficient (Wildman–Crippen LogP) is 3.30. The molecule has 78 valence electrons. The molecule has 1 fully saturated rings. The average Bonchev–Trinajstić information content (AvgIpc) is 2.17. The van der Waals surface area contributed by atoms with Crippen molar-refractivity contribution in [3.05, 3.63) is 0 Å². The SMILES string of the molecule is CCC(C)(C)CCN1CCCCC1. The molecule has 0 aromatic carbocycles. The van der Waals surface area contributed by atoms with Gasteiger partial charge in [0.25, 0.3) is 0 Å². The van der Waals surface area contributed by atoms with E-state index < -0.39 is 0 Å². The third-order valence-electron chi connectivity index (χ3n) is 3.51. The number of hydrogen-bond acceptors (Lipinski definition) is 1. The third-order valence-corrected chi connectivity index (χ3v) is 3.51. The maximum atomic E-state index is 2.64. The molecule has 0 radical (unpaired) electrons. The topological polar surface area (TPSA) is 3.24 Å². The zero-order valence-electron chi connectivity index (χ0n) is 9.60. The summed E-state index contributed by atoms with van der Waals surface area (Å²) in [6, 6.07) is 0. The largest absolute Gasteiger partial charge is 0.303 e. The van der Waals surface area contributed by atoms with Gasteiger partial charge in [-0.3, -0.25) is 0 Å². The maximum Gasteiger partial charge on any atom is -0.00137 e. The molecule has 0 N–H and O–H groups in total. The molecule has 0 aliphatic carbocycles. The first-order valence-corrected chi connectivity index (χ1v) is 5.86. The second-order valence-corrected chi connectivity index (χ2v) is 5.17. The van der Waals surface area contributed by atoms with Gasteiger partial charge in [0.2, 0.25) is 0 Å². The fraction of sp³-hybridized carbons (Fsp3) is 1.00. The van der Waals surface area contributed by atoms with Gasteiger partial charge in [0.05, 0.1) is 0 Å². The molecule has 1 heteroatoms. The van der Waals surface area contributed by atoms with Gasteiger partial charge >= 0.3 is 0 Å². The summed E-state index contributed by atoms with van der Waals surface area (Å²) in [6.07, 6.45) is 6.97. The van der Waals surface area contributed by atoms with Crippen LogP contribution in [0.3, 0.4) is 0 Å². The van der Waals surface area contributed by atoms with Crippen LogP contribution in [0.1, 0.15) is 52.9 Å². The lowest BCUT2D eigenvalue weighted by molar-refractivity contribution is 0.187. The molecule has 0 amide bonds. The Morgan fingerprint density at radius 1 is 1.08 bits per heavy atom. The number of likely N-dealkylation sites (tertiary alicyclic amines) is 1. The minimum Gasteiger partial charge on any atom is -0.303 e. The van der Waals surface area contributed by atoms with E-state index in [1.807, 2.05) is 0 Å². The average molecular weight is 183 g/mol. The Labute approximate surface area is 83.5 Å². The minimum absolute atomic E-state index is 0.553. The lowest BCUT2D eigenvalue weighted by atomic mass is 9.86. The summed E-state index contributed by atoms with van der Waals surface area (Å²) in [4.78, 5) is 2.64. The van der Waals surface area contributed by atoms with E-state index in [0.717, 1.165) is 0 Å². The lowest BCUT2D eigenvalue weighted by Gasteiger charge is -2.30. The Hall–Kier alpha value is -0.0400. The summed E-state index contributed by atoms with van der Waals surface area (Å²) in [6.45, 7) is 11.1. The van der Waals surface area contributed by atoms with Gasteiger partial charge in [-0.15, -0.1) is 0 Å². The van der Waals surface area contributed by atoms with Gasteiger partial charge in [-0.25, -0.2) is 0 Å². The summed E-state index contributed by atoms with van der Waals surface area (Å²) >= 11 is 0. The van der Waals surface area contributed by atoms with Crippen LogP contribution in [0.5, 0.6) is 0 Å². The van der Waals surface area contributed by atoms with E-state index in [4.69, 9.17) is 0 Å². The standard InChI is InChI=1S/C12H25N/c1-4-12(2,3)8-11-13-9-6-5-7-10-13/h4-11H2,1-3H3. The Bertz CT molecular complexity index is 134. The maximum absolute atomic E-state index is 2.64. The minimum atomic E-state index is 0.553. The molecule has 1 nitrogen and oxygen atoms in total. The Balaban J connectivity index is 2.17. The van der Waals surface area contributed by atoms with Crippen LogP contribution < -0.4 is 0 Å². The molecule has 0 aromatic rings. The summed E-state index contributed by atoms with van der Waals surface area (Å²) < 4.78 is 0. The van der Waals surface area contributed by atoms with Crippen molar-refractivity contribution in [2.45, 2.75) is 52.9 Å². The number of piperidine rings is 1. The van der Waals surface area contributed by atoms with Gasteiger partial charge in [-0.05, 0) is 44.3 Å². The molecule has 1 saturated heterocycles. The van der Waals surface area contributed by atoms with Crippen molar-refractivity contribution in [3.63, 3.8) is 0 Å². The van der Waals surface area contributed by atoms with Crippen molar-refractivity contribution < 1.29 is 0 Å². The summed E-state index contributed by atoms with van der Waals surface area (Å²) in [5.41, 5.74) is 0.553. The first-order chi connectivity index (χ1) is 6.14. The molecule has 1 aliphatic heterocycles. The summed E-state index contributed by atoms with van der Waals surface area (Å²) in [5.74, 6) is 0. The van der Waals surface area contributed by atoms with E-state index in [0.29, 0.717) is 5.41 Å². The van der Waals surface area contributed by atoms with Crippen molar-refractivity contribution in [3.8, 4) is 0 Å². The molecule has 0 spiro atoms. The van der Waals surface area contributed by atoms with Crippen molar-refractivity contribution in [1.29, 1.82) is 0 Å². The number of rotatable bonds is 4. The van der Waals surface area contributed by atoms with Gasteiger partial charge < -0.3 is 4.90 Å². The molecule has 0 bridgehead atoms. The second-order valence-electron chi connectivity index (χ2n) is 5.17. The Morgan fingerprint density at radius 2 is 1.69 bits per heavy atom. The molecule has 1 heterocycles. The van der Waals surface area contributed by atoms with Crippen LogP contribution in [-0.4, -0.2) is 24.5 Å². The smallest absolute Gasteiger partial charge is 0.00137 e. The predicted molar refractivity (Wildman–Crippen MR) is 59.0 cm³/mol. The Morgan fingerprint density at radius 3 is 2.23 bits per heavy atom. The highest BCUT2D eigenvalue weighted by molar-refractivity contribution is 4.71. The zero-order chi connectivity index (χ0) is 9.73. The van der Waals surface area contributed by atoms with E-state index in [9.17, 15) is 0 Å². The van der Waals surface area contributed by atoms with E-state index in [-0.39, 0.29) is 0 Å². The van der Waals surface area contributed by atoms with Crippen LogP contribution in [0.4, 0.5) is 0 Å².